The molecule has 0 unspecified atom stereocenters. The zero-order chi connectivity index (χ0) is 16.9. The van der Waals surface area contributed by atoms with Crippen LogP contribution in [0.5, 0.6) is 0 Å². The first-order valence-electron chi connectivity index (χ1n) is 6.52. The highest BCUT2D eigenvalue weighted by molar-refractivity contribution is 9.10. The lowest BCUT2D eigenvalue weighted by Crippen LogP contribution is -2.25. The van der Waals surface area contributed by atoms with Gasteiger partial charge in [-0.25, -0.2) is 4.79 Å². The van der Waals surface area contributed by atoms with Crippen LogP contribution in [-0.2, 0) is 6.18 Å². The maximum Gasteiger partial charge on any atom is 0.418 e. The molecule has 2 aromatic rings. The van der Waals surface area contributed by atoms with Crippen molar-refractivity contribution < 1.29 is 18.0 Å². The molecule has 2 amide bonds. The molecule has 7 heteroatoms. The van der Waals surface area contributed by atoms with Crippen molar-refractivity contribution in [2.24, 2.45) is 0 Å². The highest BCUT2D eigenvalue weighted by Crippen LogP contribution is 2.34. The summed E-state index contributed by atoms with van der Waals surface area (Å²) in [4.78, 5) is 11.7. The van der Waals surface area contributed by atoms with Crippen molar-refractivity contribution in [3.63, 3.8) is 0 Å². The second kappa shape index (κ2) is 7.32. The Morgan fingerprint density at radius 2 is 1.83 bits per heavy atom. The van der Waals surface area contributed by atoms with E-state index in [1.807, 2.05) is 24.3 Å². The molecule has 0 bridgehead atoms. The average molecular weight is 385 g/mol. The summed E-state index contributed by atoms with van der Waals surface area (Å²) in [5.74, 6) is 0. The number of halogens is 4. The minimum Gasteiger partial charge on any atom is -0.314 e. The summed E-state index contributed by atoms with van der Waals surface area (Å²) in [6, 6.07) is 11.4. The first-order chi connectivity index (χ1) is 10.9. The summed E-state index contributed by atoms with van der Waals surface area (Å²) in [5.41, 5.74) is -0.366. The fraction of sp³-hybridized carbons (Fsp3) is 0.0625. The lowest BCUT2D eigenvalue weighted by atomic mass is 10.1. The van der Waals surface area contributed by atoms with Crippen molar-refractivity contribution in [2.75, 3.05) is 5.32 Å². The molecular formula is C16H12BrF3N2O. The van der Waals surface area contributed by atoms with Gasteiger partial charge in [0.1, 0.15) is 0 Å². The quantitative estimate of drug-likeness (QED) is 0.744. The Labute approximate surface area is 139 Å². The summed E-state index contributed by atoms with van der Waals surface area (Å²) in [6.45, 7) is 0. The first kappa shape index (κ1) is 17.1. The minimum atomic E-state index is -4.53. The van der Waals surface area contributed by atoms with Gasteiger partial charge in [-0.05, 0) is 35.9 Å². The van der Waals surface area contributed by atoms with E-state index in [0.717, 1.165) is 16.1 Å². The highest BCUT2D eigenvalue weighted by Gasteiger charge is 2.33. The SMILES string of the molecule is O=C(N/C=C/c1cccc(Br)c1)Nc1ccccc1C(F)(F)F. The molecule has 0 spiro atoms. The predicted octanol–water partition coefficient (Wildman–Crippen LogP) is 5.26. The largest absolute Gasteiger partial charge is 0.418 e. The number of para-hydroxylation sites is 1. The molecule has 2 aromatic carbocycles. The maximum atomic E-state index is 12.8. The molecule has 120 valence electrons. The van der Waals surface area contributed by atoms with Gasteiger partial charge in [0.25, 0.3) is 0 Å². The standard InChI is InChI=1S/C16H12BrF3N2O/c17-12-5-3-4-11(10-12)8-9-21-15(23)22-14-7-2-1-6-13(14)16(18,19)20/h1-10H,(H2,21,22,23)/b9-8+. The van der Waals surface area contributed by atoms with Crippen LogP contribution >= 0.6 is 15.9 Å². The number of carbonyl (C=O) groups excluding carboxylic acids is 1. The second-order valence-electron chi connectivity index (χ2n) is 4.53. The van der Waals surface area contributed by atoms with Crippen molar-refractivity contribution >= 4 is 33.7 Å². The third-order valence-electron chi connectivity index (χ3n) is 2.82. The van der Waals surface area contributed by atoms with Crippen molar-refractivity contribution in [1.82, 2.24) is 5.32 Å². The van der Waals surface area contributed by atoms with Crippen LogP contribution in [0.15, 0.2) is 59.2 Å². The lowest BCUT2D eigenvalue weighted by Gasteiger charge is -2.13. The van der Waals surface area contributed by atoms with Gasteiger partial charge in [0.15, 0.2) is 0 Å². The van der Waals surface area contributed by atoms with Crippen molar-refractivity contribution in [3.8, 4) is 0 Å². The average Bonchev–Trinajstić information content (AvgIpc) is 2.47. The molecule has 0 aromatic heterocycles. The molecule has 0 aliphatic carbocycles. The number of hydrogen-bond acceptors (Lipinski definition) is 1. The molecule has 2 N–H and O–H groups in total. The van der Waals surface area contributed by atoms with Gasteiger partial charge >= 0.3 is 12.2 Å². The van der Waals surface area contributed by atoms with Crippen LogP contribution in [0.3, 0.4) is 0 Å². The smallest absolute Gasteiger partial charge is 0.314 e. The number of anilines is 1. The Bertz CT molecular complexity index is 729. The van der Waals surface area contributed by atoms with E-state index >= 15 is 0 Å². The fourth-order valence-corrected chi connectivity index (χ4v) is 2.24. The van der Waals surface area contributed by atoms with Crippen LogP contribution < -0.4 is 10.6 Å². The molecular weight excluding hydrogens is 373 g/mol. The van der Waals surface area contributed by atoms with Crippen LogP contribution in [0.25, 0.3) is 6.08 Å². The van der Waals surface area contributed by atoms with Crippen LogP contribution in [0.1, 0.15) is 11.1 Å². The second-order valence-corrected chi connectivity index (χ2v) is 5.45. The molecule has 0 heterocycles. The molecule has 0 saturated heterocycles. The van der Waals surface area contributed by atoms with Crippen molar-refractivity contribution in [3.05, 3.63) is 70.3 Å². The third-order valence-corrected chi connectivity index (χ3v) is 3.31. The molecule has 0 aliphatic heterocycles. The normalized spacial score (nSPS) is 11.5. The van der Waals surface area contributed by atoms with E-state index in [1.54, 1.807) is 6.08 Å². The monoisotopic (exact) mass is 384 g/mol. The number of nitrogens with one attached hydrogen (secondary N) is 2. The highest BCUT2D eigenvalue weighted by atomic mass is 79.9. The lowest BCUT2D eigenvalue weighted by molar-refractivity contribution is -0.136. The summed E-state index contributed by atoms with van der Waals surface area (Å²) in [6.07, 6.45) is -1.55. The van der Waals surface area contributed by atoms with Gasteiger partial charge < -0.3 is 10.6 Å². The number of alkyl halides is 3. The number of benzene rings is 2. The predicted molar refractivity (Wildman–Crippen MR) is 86.8 cm³/mol. The maximum absolute atomic E-state index is 12.8. The molecule has 0 aliphatic rings. The Morgan fingerprint density at radius 1 is 1.09 bits per heavy atom. The van der Waals surface area contributed by atoms with Crippen molar-refractivity contribution in [2.45, 2.75) is 6.18 Å². The molecule has 0 atom stereocenters. The van der Waals surface area contributed by atoms with E-state index in [1.165, 1.54) is 24.4 Å². The molecule has 3 nitrogen and oxygen atoms in total. The van der Waals surface area contributed by atoms with E-state index in [0.29, 0.717) is 0 Å². The van der Waals surface area contributed by atoms with Crippen LogP contribution in [-0.4, -0.2) is 6.03 Å². The van der Waals surface area contributed by atoms with Gasteiger partial charge in [0.2, 0.25) is 0 Å². The summed E-state index contributed by atoms with van der Waals surface area (Å²) >= 11 is 3.31. The Morgan fingerprint density at radius 3 is 2.52 bits per heavy atom. The van der Waals surface area contributed by atoms with E-state index in [9.17, 15) is 18.0 Å². The third kappa shape index (κ3) is 5.14. The summed E-state index contributed by atoms with van der Waals surface area (Å²) in [7, 11) is 0. The molecule has 2 rings (SSSR count). The van der Waals surface area contributed by atoms with E-state index in [-0.39, 0.29) is 5.69 Å². The van der Waals surface area contributed by atoms with Gasteiger partial charge in [-0.2, -0.15) is 13.2 Å². The van der Waals surface area contributed by atoms with Crippen LogP contribution in [0.4, 0.5) is 23.7 Å². The zero-order valence-corrected chi connectivity index (χ0v) is 13.3. The van der Waals surface area contributed by atoms with E-state index in [2.05, 4.69) is 26.6 Å². The van der Waals surface area contributed by atoms with Gasteiger partial charge in [-0.15, -0.1) is 0 Å². The van der Waals surface area contributed by atoms with Gasteiger partial charge in [-0.3, -0.25) is 0 Å². The Balaban J connectivity index is 2.01. The Hall–Kier alpha value is -2.28. The molecule has 0 fully saturated rings. The number of urea groups is 1. The number of rotatable bonds is 3. The molecule has 23 heavy (non-hydrogen) atoms. The van der Waals surface area contributed by atoms with E-state index in [4.69, 9.17) is 0 Å². The topological polar surface area (TPSA) is 41.1 Å². The minimum absolute atomic E-state index is 0.298. The summed E-state index contributed by atoms with van der Waals surface area (Å²) in [5, 5.41) is 4.55. The number of amides is 2. The molecule has 0 saturated carbocycles. The number of hydrogen-bond donors (Lipinski definition) is 2. The van der Waals surface area contributed by atoms with Crippen LogP contribution in [0.2, 0.25) is 0 Å². The van der Waals surface area contributed by atoms with Gasteiger partial charge in [0.05, 0.1) is 11.3 Å². The Kier molecular flexibility index (Phi) is 5.44. The van der Waals surface area contributed by atoms with E-state index < -0.39 is 17.8 Å². The first-order valence-corrected chi connectivity index (χ1v) is 7.31. The molecule has 0 radical (unpaired) electrons. The van der Waals surface area contributed by atoms with Crippen molar-refractivity contribution in [1.29, 1.82) is 0 Å². The van der Waals surface area contributed by atoms with Gasteiger partial charge in [-0.1, -0.05) is 40.2 Å². The fourth-order valence-electron chi connectivity index (χ4n) is 1.82. The van der Waals surface area contributed by atoms with Gasteiger partial charge in [0, 0.05) is 10.7 Å². The number of carbonyl (C=O) groups is 1. The zero-order valence-electron chi connectivity index (χ0n) is 11.7. The summed E-state index contributed by atoms with van der Waals surface area (Å²) < 4.78 is 39.3. The van der Waals surface area contributed by atoms with Crippen LogP contribution in [0, 0.1) is 0 Å².